The van der Waals surface area contributed by atoms with Crippen LogP contribution in [0.2, 0.25) is 0 Å². The number of carboxylic acid groups (broad SMARTS) is 1. The smallest absolute Gasteiger partial charge is 0.335 e. The number of aromatic hydroxyl groups is 1. The molecule has 1 aromatic carbocycles. The molecule has 1 rings (SSSR count). The van der Waals surface area contributed by atoms with Gasteiger partial charge in [-0.1, -0.05) is 0 Å². The molecule has 0 saturated heterocycles. The van der Waals surface area contributed by atoms with Gasteiger partial charge in [0.05, 0.1) is 11.3 Å². The fraction of sp³-hybridized carbons (Fsp3) is 0.333. The summed E-state index contributed by atoms with van der Waals surface area (Å²) in [5.74, 6) is -2.45. The van der Waals surface area contributed by atoms with Crippen molar-refractivity contribution >= 4 is 27.4 Å². The fourth-order valence-corrected chi connectivity index (χ4v) is 1.60. The number of amides is 1. The number of rotatable bonds is 4. The molecular weight excluding hydrogens is 286 g/mol. The number of carbonyl (C=O) groups excluding carboxylic acids is 1. The number of sulfone groups is 1. The molecule has 0 unspecified atom stereocenters. The van der Waals surface area contributed by atoms with Crippen molar-refractivity contribution in [3.63, 3.8) is 0 Å². The van der Waals surface area contributed by atoms with Gasteiger partial charge in [0.1, 0.15) is 10.5 Å². The quantitative estimate of drug-likeness (QED) is 0.709. The standard InChI is InChI=1S/C12H15NO6S/c1-12(2,20(3,18)19)11(17)13-8-6-7(10(15)16)4-5-9(8)14/h4-6,14H,1-3H3,(H,13,17)(H,15,16). The number of nitrogens with one attached hydrogen (secondary N) is 1. The van der Waals surface area contributed by atoms with Gasteiger partial charge in [0.15, 0.2) is 9.84 Å². The minimum absolute atomic E-state index is 0.143. The van der Waals surface area contributed by atoms with Crippen molar-refractivity contribution in [1.29, 1.82) is 0 Å². The fourth-order valence-electron chi connectivity index (χ4n) is 1.21. The van der Waals surface area contributed by atoms with Crippen LogP contribution in [0.3, 0.4) is 0 Å². The average molecular weight is 301 g/mol. The number of benzene rings is 1. The third-order valence-corrected chi connectivity index (χ3v) is 5.00. The molecule has 0 aliphatic rings. The Kier molecular flexibility index (Phi) is 4.09. The number of phenols is 1. The zero-order chi connectivity index (χ0) is 15.7. The number of aromatic carboxylic acids is 1. The normalized spacial score (nSPS) is 11.9. The number of hydrogen-bond donors (Lipinski definition) is 3. The first-order valence-corrected chi connectivity index (χ1v) is 7.43. The van der Waals surface area contributed by atoms with Crippen LogP contribution in [0.1, 0.15) is 24.2 Å². The van der Waals surface area contributed by atoms with Crippen LogP contribution in [0.15, 0.2) is 18.2 Å². The van der Waals surface area contributed by atoms with E-state index in [1.165, 1.54) is 13.8 Å². The predicted molar refractivity (Wildman–Crippen MR) is 72.6 cm³/mol. The van der Waals surface area contributed by atoms with Crippen LogP contribution in [-0.4, -0.2) is 41.5 Å². The largest absolute Gasteiger partial charge is 0.506 e. The molecule has 110 valence electrons. The highest BCUT2D eigenvalue weighted by molar-refractivity contribution is 7.92. The molecule has 0 heterocycles. The van der Waals surface area contributed by atoms with Crippen molar-refractivity contribution in [2.75, 3.05) is 11.6 Å². The highest BCUT2D eigenvalue weighted by Crippen LogP contribution is 2.26. The van der Waals surface area contributed by atoms with Gasteiger partial charge in [-0.15, -0.1) is 0 Å². The molecule has 0 saturated carbocycles. The van der Waals surface area contributed by atoms with E-state index in [0.717, 1.165) is 24.5 Å². The second-order valence-electron chi connectivity index (χ2n) is 4.77. The SMILES string of the molecule is CC(C)(C(=O)Nc1cc(C(=O)O)ccc1O)S(C)(=O)=O. The molecule has 8 heteroatoms. The lowest BCUT2D eigenvalue weighted by molar-refractivity contribution is -0.117. The lowest BCUT2D eigenvalue weighted by Gasteiger charge is -2.21. The zero-order valence-electron chi connectivity index (χ0n) is 11.2. The molecule has 3 N–H and O–H groups in total. The summed E-state index contributed by atoms with van der Waals surface area (Å²) >= 11 is 0. The predicted octanol–water partition coefficient (Wildman–Crippen LogP) is 0.852. The molecule has 7 nitrogen and oxygen atoms in total. The first-order chi connectivity index (χ1) is 8.96. The molecule has 1 amide bonds. The number of carboxylic acids is 1. The molecule has 20 heavy (non-hydrogen) atoms. The summed E-state index contributed by atoms with van der Waals surface area (Å²) in [4.78, 5) is 22.8. The average Bonchev–Trinajstić information content (AvgIpc) is 2.29. The Hall–Kier alpha value is -2.09. The van der Waals surface area contributed by atoms with Gasteiger partial charge in [0.2, 0.25) is 5.91 Å². The molecule has 0 atom stereocenters. The Morgan fingerprint density at radius 3 is 2.25 bits per heavy atom. The molecule has 0 bridgehead atoms. The van der Waals surface area contributed by atoms with E-state index in [2.05, 4.69) is 5.32 Å². The lowest BCUT2D eigenvalue weighted by atomic mass is 10.1. The summed E-state index contributed by atoms with van der Waals surface area (Å²) < 4.78 is 21.3. The van der Waals surface area contributed by atoms with Crippen molar-refractivity contribution in [2.24, 2.45) is 0 Å². The van der Waals surface area contributed by atoms with Crippen molar-refractivity contribution in [3.05, 3.63) is 23.8 Å². The van der Waals surface area contributed by atoms with Crippen LogP contribution >= 0.6 is 0 Å². The van der Waals surface area contributed by atoms with Gasteiger partial charge in [-0.25, -0.2) is 13.2 Å². The molecule has 0 aromatic heterocycles. The third-order valence-electron chi connectivity index (χ3n) is 2.97. The number of carbonyl (C=O) groups is 2. The van der Waals surface area contributed by atoms with Crippen LogP contribution in [0.4, 0.5) is 5.69 Å². The summed E-state index contributed by atoms with van der Waals surface area (Å²) in [6.07, 6.45) is 0.917. The van der Waals surface area contributed by atoms with Crippen molar-refractivity contribution < 1.29 is 28.2 Å². The highest BCUT2D eigenvalue weighted by Gasteiger charge is 2.38. The Balaban J connectivity index is 3.14. The van der Waals surface area contributed by atoms with Crippen molar-refractivity contribution in [2.45, 2.75) is 18.6 Å². The van der Waals surface area contributed by atoms with Gasteiger partial charge in [-0.2, -0.15) is 0 Å². The molecule has 0 spiro atoms. The van der Waals surface area contributed by atoms with Crippen LogP contribution in [0, 0.1) is 0 Å². The van der Waals surface area contributed by atoms with E-state index in [9.17, 15) is 23.1 Å². The van der Waals surface area contributed by atoms with Crippen LogP contribution < -0.4 is 5.32 Å². The van der Waals surface area contributed by atoms with Gasteiger partial charge in [-0.3, -0.25) is 4.79 Å². The van der Waals surface area contributed by atoms with Crippen molar-refractivity contribution in [3.8, 4) is 5.75 Å². The Labute approximate surface area is 116 Å². The van der Waals surface area contributed by atoms with Crippen LogP contribution in [0.25, 0.3) is 0 Å². The summed E-state index contributed by atoms with van der Waals surface area (Å²) in [6.45, 7) is 2.44. The molecular formula is C12H15NO6S. The molecule has 0 aliphatic heterocycles. The van der Waals surface area contributed by atoms with Gasteiger partial charge in [-0.05, 0) is 32.0 Å². The second-order valence-corrected chi connectivity index (χ2v) is 7.34. The monoisotopic (exact) mass is 301 g/mol. The van der Waals surface area contributed by atoms with Gasteiger partial charge in [0.25, 0.3) is 0 Å². The Morgan fingerprint density at radius 2 is 1.80 bits per heavy atom. The Morgan fingerprint density at radius 1 is 1.25 bits per heavy atom. The maximum Gasteiger partial charge on any atom is 0.335 e. The van der Waals surface area contributed by atoms with E-state index in [4.69, 9.17) is 5.11 Å². The molecule has 0 radical (unpaired) electrons. The zero-order valence-corrected chi connectivity index (χ0v) is 12.0. The van der Waals surface area contributed by atoms with E-state index < -0.39 is 26.5 Å². The maximum absolute atomic E-state index is 12.0. The summed E-state index contributed by atoms with van der Waals surface area (Å²) in [5, 5.41) is 20.6. The van der Waals surface area contributed by atoms with Crippen molar-refractivity contribution in [1.82, 2.24) is 0 Å². The molecule has 0 aliphatic carbocycles. The van der Waals surface area contributed by atoms with E-state index in [0.29, 0.717) is 0 Å². The van der Waals surface area contributed by atoms with Crippen LogP contribution in [0.5, 0.6) is 5.75 Å². The first kappa shape index (κ1) is 16.0. The minimum atomic E-state index is -3.67. The van der Waals surface area contributed by atoms with Gasteiger partial charge in [0, 0.05) is 6.26 Å². The van der Waals surface area contributed by atoms with E-state index in [1.54, 1.807) is 0 Å². The third kappa shape index (κ3) is 3.08. The van der Waals surface area contributed by atoms with Gasteiger partial charge < -0.3 is 15.5 Å². The molecule has 1 aromatic rings. The van der Waals surface area contributed by atoms with Crippen LogP contribution in [-0.2, 0) is 14.6 Å². The lowest BCUT2D eigenvalue weighted by Crippen LogP contribution is -2.43. The summed E-state index contributed by atoms with van der Waals surface area (Å²) in [6, 6.07) is 3.31. The summed E-state index contributed by atoms with van der Waals surface area (Å²) in [7, 11) is -3.67. The topological polar surface area (TPSA) is 121 Å². The Bertz CT molecular complexity index is 663. The second kappa shape index (κ2) is 5.12. The number of anilines is 1. The van der Waals surface area contributed by atoms with Gasteiger partial charge >= 0.3 is 5.97 Å². The van der Waals surface area contributed by atoms with E-state index in [-0.39, 0.29) is 17.0 Å². The summed E-state index contributed by atoms with van der Waals surface area (Å²) in [5.41, 5.74) is -0.304. The van der Waals surface area contributed by atoms with E-state index in [1.807, 2.05) is 0 Å². The first-order valence-electron chi connectivity index (χ1n) is 5.54. The highest BCUT2D eigenvalue weighted by atomic mass is 32.2. The maximum atomic E-state index is 12.0. The minimum Gasteiger partial charge on any atom is -0.506 e. The number of phenolic OH excluding ortho intramolecular Hbond substituents is 1. The van der Waals surface area contributed by atoms with E-state index >= 15 is 0 Å². The number of hydrogen-bond acceptors (Lipinski definition) is 5. The molecule has 0 fully saturated rings.